The lowest BCUT2D eigenvalue weighted by Gasteiger charge is -2.11. The lowest BCUT2D eigenvalue weighted by molar-refractivity contribution is -0.146. The van der Waals surface area contributed by atoms with Crippen molar-refractivity contribution >= 4 is 16.1 Å². The summed E-state index contributed by atoms with van der Waals surface area (Å²) in [5, 5.41) is 0. The predicted molar refractivity (Wildman–Crippen MR) is 74.2 cm³/mol. The molecule has 1 atom stereocenters. The molecule has 0 fully saturated rings. The van der Waals surface area contributed by atoms with Crippen molar-refractivity contribution in [3.8, 4) is 0 Å². The Bertz CT molecular complexity index is 515. The van der Waals surface area contributed by atoms with E-state index in [4.69, 9.17) is 10.5 Å². The smallest absolute Gasteiger partial charge is 0.323 e. The fraction of sp³-hybridized carbons (Fsp3) is 0.462. The first-order valence-electron chi connectivity index (χ1n) is 6.19. The molecule has 1 aromatic carbocycles. The highest BCUT2D eigenvalue weighted by molar-refractivity contribution is 7.85. The summed E-state index contributed by atoms with van der Waals surface area (Å²) in [4.78, 5) is 11.6. The van der Waals surface area contributed by atoms with Gasteiger partial charge in [-0.05, 0) is 18.4 Å². The second kappa shape index (κ2) is 7.98. The van der Waals surface area contributed by atoms with Crippen LogP contribution in [0.4, 0.5) is 0 Å². The molecule has 2 N–H and O–H groups in total. The van der Waals surface area contributed by atoms with Gasteiger partial charge >= 0.3 is 5.97 Å². The molecule has 1 aromatic rings. The number of hydrogen-bond acceptors (Lipinski definition) is 6. The molecule has 0 aromatic heterocycles. The zero-order chi connectivity index (χ0) is 15.0. The van der Waals surface area contributed by atoms with Gasteiger partial charge in [-0.3, -0.25) is 8.98 Å². The van der Waals surface area contributed by atoms with Gasteiger partial charge in [-0.15, -0.1) is 0 Å². The van der Waals surface area contributed by atoms with Crippen molar-refractivity contribution < 1.29 is 22.1 Å². The van der Waals surface area contributed by atoms with Gasteiger partial charge in [0.2, 0.25) is 0 Å². The molecule has 7 heteroatoms. The number of esters is 1. The number of carbonyl (C=O) groups excluding carboxylic acids is 1. The summed E-state index contributed by atoms with van der Waals surface area (Å²) in [6.07, 6.45) is 1.65. The van der Waals surface area contributed by atoms with E-state index >= 15 is 0 Å². The minimum Gasteiger partial charge on any atom is -0.460 e. The van der Waals surface area contributed by atoms with Gasteiger partial charge in [-0.25, -0.2) is 0 Å². The van der Waals surface area contributed by atoms with E-state index in [-0.39, 0.29) is 13.2 Å². The largest absolute Gasteiger partial charge is 0.460 e. The molecule has 6 nitrogen and oxygen atoms in total. The van der Waals surface area contributed by atoms with Crippen molar-refractivity contribution in [1.29, 1.82) is 0 Å². The SMILES string of the molecule is CS(=O)(=O)OCCC[C@H](N)C(=O)OCc1ccccc1. The maximum atomic E-state index is 11.6. The molecule has 0 aliphatic carbocycles. The van der Waals surface area contributed by atoms with Crippen LogP contribution >= 0.6 is 0 Å². The van der Waals surface area contributed by atoms with Crippen LogP contribution in [-0.4, -0.2) is 33.3 Å². The normalized spacial score (nSPS) is 12.9. The van der Waals surface area contributed by atoms with Crippen molar-refractivity contribution in [2.24, 2.45) is 5.73 Å². The predicted octanol–water partition coefficient (Wildman–Crippen LogP) is 0.814. The molecule has 0 saturated heterocycles. The molecule has 0 aliphatic rings. The van der Waals surface area contributed by atoms with E-state index in [0.29, 0.717) is 12.8 Å². The first-order chi connectivity index (χ1) is 9.38. The van der Waals surface area contributed by atoms with Crippen LogP contribution in [-0.2, 0) is 30.4 Å². The first kappa shape index (κ1) is 16.6. The van der Waals surface area contributed by atoms with Crippen LogP contribution in [0, 0.1) is 0 Å². The summed E-state index contributed by atoms with van der Waals surface area (Å²) < 4.78 is 31.1. The summed E-state index contributed by atoms with van der Waals surface area (Å²) in [7, 11) is -3.45. The molecule has 20 heavy (non-hydrogen) atoms. The zero-order valence-electron chi connectivity index (χ0n) is 11.3. The van der Waals surface area contributed by atoms with Gasteiger partial charge in [0, 0.05) is 0 Å². The van der Waals surface area contributed by atoms with Crippen LogP contribution < -0.4 is 5.73 Å². The van der Waals surface area contributed by atoms with Gasteiger partial charge in [-0.1, -0.05) is 30.3 Å². The second-order valence-corrected chi connectivity index (χ2v) is 6.01. The van der Waals surface area contributed by atoms with Crippen molar-refractivity contribution in [2.45, 2.75) is 25.5 Å². The Morgan fingerprint density at radius 3 is 2.55 bits per heavy atom. The van der Waals surface area contributed by atoms with Crippen molar-refractivity contribution in [2.75, 3.05) is 12.9 Å². The molecule has 0 heterocycles. The standard InChI is InChI=1S/C13H19NO5S/c1-20(16,17)19-9-5-8-12(14)13(15)18-10-11-6-3-2-4-7-11/h2-4,6-7,12H,5,8-10,14H2,1H3/t12-/m0/s1. The van der Waals surface area contributed by atoms with Crippen LogP contribution in [0.1, 0.15) is 18.4 Å². The van der Waals surface area contributed by atoms with Gasteiger partial charge in [0.15, 0.2) is 0 Å². The van der Waals surface area contributed by atoms with Gasteiger partial charge in [0.1, 0.15) is 12.6 Å². The molecule has 112 valence electrons. The third kappa shape index (κ3) is 7.22. The topological polar surface area (TPSA) is 95.7 Å². The van der Waals surface area contributed by atoms with Crippen LogP contribution in [0.15, 0.2) is 30.3 Å². The summed E-state index contributed by atoms with van der Waals surface area (Å²) in [6.45, 7) is 0.186. The van der Waals surface area contributed by atoms with E-state index in [1.807, 2.05) is 30.3 Å². The van der Waals surface area contributed by atoms with Gasteiger partial charge in [0.25, 0.3) is 10.1 Å². The molecule has 0 unspecified atom stereocenters. The van der Waals surface area contributed by atoms with Crippen LogP contribution in [0.5, 0.6) is 0 Å². The Hall–Kier alpha value is -1.44. The number of nitrogens with two attached hydrogens (primary N) is 1. The van der Waals surface area contributed by atoms with E-state index in [0.717, 1.165) is 11.8 Å². The molecular formula is C13H19NO5S. The Morgan fingerprint density at radius 2 is 1.95 bits per heavy atom. The minimum atomic E-state index is -3.45. The Balaban J connectivity index is 2.22. The second-order valence-electron chi connectivity index (χ2n) is 4.37. The highest BCUT2D eigenvalue weighted by Crippen LogP contribution is 2.04. The molecule has 0 saturated carbocycles. The van der Waals surface area contributed by atoms with E-state index < -0.39 is 22.1 Å². The van der Waals surface area contributed by atoms with Crippen molar-refractivity contribution in [3.63, 3.8) is 0 Å². The highest BCUT2D eigenvalue weighted by Gasteiger charge is 2.15. The minimum absolute atomic E-state index is 0.0124. The molecule has 0 spiro atoms. The lowest BCUT2D eigenvalue weighted by atomic mass is 10.2. The number of benzene rings is 1. The summed E-state index contributed by atoms with van der Waals surface area (Å²) in [6, 6.07) is 8.50. The Labute approximate surface area is 119 Å². The monoisotopic (exact) mass is 301 g/mol. The molecule has 1 rings (SSSR count). The zero-order valence-corrected chi connectivity index (χ0v) is 12.1. The van der Waals surface area contributed by atoms with Crippen molar-refractivity contribution in [3.05, 3.63) is 35.9 Å². The highest BCUT2D eigenvalue weighted by atomic mass is 32.2. The fourth-order valence-corrected chi connectivity index (χ4v) is 1.89. The molecule has 0 bridgehead atoms. The summed E-state index contributed by atoms with van der Waals surface area (Å²) >= 11 is 0. The lowest BCUT2D eigenvalue weighted by Crippen LogP contribution is -2.32. The Morgan fingerprint density at radius 1 is 1.30 bits per heavy atom. The van der Waals surface area contributed by atoms with E-state index in [1.165, 1.54) is 0 Å². The van der Waals surface area contributed by atoms with E-state index in [2.05, 4.69) is 4.18 Å². The third-order valence-corrected chi connectivity index (χ3v) is 3.08. The summed E-state index contributed by atoms with van der Waals surface area (Å²) in [5.74, 6) is -0.506. The van der Waals surface area contributed by atoms with Gasteiger partial charge in [0.05, 0.1) is 12.9 Å². The molecular weight excluding hydrogens is 282 g/mol. The maximum Gasteiger partial charge on any atom is 0.323 e. The number of hydrogen-bond donors (Lipinski definition) is 1. The number of carbonyl (C=O) groups is 1. The van der Waals surface area contributed by atoms with Gasteiger partial charge in [-0.2, -0.15) is 8.42 Å². The number of rotatable bonds is 8. The first-order valence-corrected chi connectivity index (χ1v) is 8.00. The van der Waals surface area contributed by atoms with E-state index in [1.54, 1.807) is 0 Å². The third-order valence-electron chi connectivity index (χ3n) is 2.48. The fourth-order valence-electron chi connectivity index (χ4n) is 1.47. The van der Waals surface area contributed by atoms with E-state index in [9.17, 15) is 13.2 Å². The molecule has 0 radical (unpaired) electrons. The van der Waals surface area contributed by atoms with Crippen LogP contribution in [0.25, 0.3) is 0 Å². The Kier molecular flexibility index (Phi) is 6.63. The maximum absolute atomic E-state index is 11.6. The van der Waals surface area contributed by atoms with Crippen LogP contribution in [0.2, 0.25) is 0 Å². The van der Waals surface area contributed by atoms with Crippen molar-refractivity contribution in [1.82, 2.24) is 0 Å². The quantitative estimate of drug-likeness (QED) is 0.434. The average molecular weight is 301 g/mol. The molecule has 0 aliphatic heterocycles. The average Bonchev–Trinajstić information content (AvgIpc) is 2.40. The number of ether oxygens (including phenoxy) is 1. The summed E-state index contributed by atoms with van der Waals surface area (Å²) in [5.41, 5.74) is 6.53. The van der Waals surface area contributed by atoms with Crippen LogP contribution in [0.3, 0.4) is 0 Å². The molecule has 0 amide bonds. The van der Waals surface area contributed by atoms with Gasteiger partial charge < -0.3 is 10.5 Å².